The molecule has 330 valence electrons. The minimum absolute atomic E-state index is 0.0278. The summed E-state index contributed by atoms with van der Waals surface area (Å²) in [5.41, 5.74) is 4.96. The number of halogens is 4. The molecule has 3 N–H and O–H groups in total. The quantitative estimate of drug-likeness (QED) is 0.0770. The van der Waals surface area contributed by atoms with Gasteiger partial charge in [-0.2, -0.15) is 13.2 Å². The third-order valence-electron chi connectivity index (χ3n) is 9.45. The van der Waals surface area contributed by atoms with Crippen LogP contribution in [0, 0.1) is 23.6 Å². The van der Waals surface area contributed by atoms with Crippen molar-refractivity contribution < 1.29 is 59.6 Å². The van der Waals surface area contributed by atoms with Crippen LogP contribution in [0.25, 0.3) is 0 Å². The maximum Gasteiger partial charge on any atom is 0.531 e. The van der Waals surface area contributed by atoms with E-state index in [1.54, 1.807) is 96.1 Å². The van der Waals surface area contributed by atoms with Gasteiger partial charge in [0, 0.05) is 35.4 Å². The Kier molecular flexibility index (Phi) is 14.5. The van der Waals surface area contributed by atoms with Crippen LogP contribution in [0.4, 0.5) is 23.2 Å². The molecule has 3 aromatic carbocycles. The number of nitrogens with one attached hydrogen (secondary N) is 1. The summed E-state index contributed by atoms with van der Waals surface area (Å²) >= 11 is 0. The summed E-state index contributed by atoms with van der Waals surface area (Å²) in [5.74, 6) is -7.70. The second-order valence-electron chi connectivity index (χ2n) is 17.0. The number of nitrogens with two attached hydrogens (primary N) is 1. The van der Waals surface area contributed by atoms with Crippen LogP contribution >= 0.6 is 7.82 Å². The van der Waals surface area contributed by atoms with Crippen LogP contribution in [0.15, 0.2) is 77.8 Å². The molecular weight excluding hydrogens is 823 g/mol. The van der Waals surface area contributed by atoms with Crippen molar-refractivity contribution in [3.05, 3.63) is 95.3 Å². The van der Waals surface area contributed by atoms with Crippen molar-refractivity contribution in [3.63, 3.8) is 0 Å². The summed E-state index contributed by atoms with van der Waals surface area (Å²) < 4.78 is 91.7. The van der Waals surface area contributed by atoms with Gasteiger partial charge in [0.05, 0.1) is 29.0 Å². The summed E-state index contributed by atoms with van der Waals surface area (Å²) in [7, 11) is -4.27. The van der Waals surface area contributed by atoms with Gasteiger partial charge in [0.1, 0.15) is 11.6 Å². The van der Waals surface area contributed by atoms with E-state index in [-0.39, 0.29) is 35.1 Å². The molecule has 5 rings (SSSR count). The lowest BCUT2D eigenvalue weighted by atomic mass is 9.83. The number of fused-ring (bicyclic) bond motifs is 1. The van der Waals surface area contributed by atoms with E-state index >= 15 is 4.39 Å². The fraction of sp³-hybridized carbons (Fsp3) is 0.465. The second kappa shape index (κ2) is 18.9. The van der Waals surface area contributed by atoms with Crippen molar-refractivity contribution in [2.45, 2.75) is 104 Å². The number of rotatable bonds is 17. The number of benzodiazepines with no additional fused rings is 1. The predicted molar refractivity (Wildman–Crippen MR) is 218 cm³/mol. The second-order valence-corrected chi connectivity index (χ2v) is 18.4. The van der Waals surface area contributed by atoms with Gasteiger partial charge in [0.2, 0.25) is 18.0 Å². The number of alkyl halides is 3. The van der Waals surface area contributed by atoms with Crippen LogP contribution in [-0.2, 0) is 43.9 Å². The first-order valence-electron chi connectivity index (χ1n) is 19.8. The number of benzene rings is 3. The predicted octanol–water partition coefficient (Wildman–Crippen LogP) is 8.17. The van der Waals surface area contributed by atoms with E-state index in [0.29, 0.717) is 11.1 Å². The monoisotopic (exact) mass is 874 g/mol. The molecule has 0 radical (unpaired) electrons. The molecule has 1 fully saturated rings. The lowest BCUT2D eigenvalue weighted by Gasteiger charge is -2.30. The molecule has 18 heteroatoms. The minimum Gasteiger partial charge on any atom is -0.444 e. The molecule has 3 aromatic rings. The van der Waals surface area contributed by atoms with Crippen LogP contribution in [0.3, 0.4) is 0 Å². The average molecular weight is 875 g/mol. The smallest absolute Gasteiger partial charge is 0.444 e. The average Bonchev–Trinajstić information content (AvgIpc) is 3.97. The molecule has 61 heavy (non-hydrogen) atoms. The highest BCUT2D eigenvalue weighted by atomic mass is 31.2. The SMILES string of the molecule is CC(C)(C)OP(=O)(Oc1ccc(CC(=O)OCN2C(=O)[C@@H](NC(=O)[C@H](CCC(F)(F)F)[C@H](CC3CC3)C(N)=O)N=C(c3ccccc3)c3ccccc32)c(F)c1)OC(C)(C)C. The van der Waals surface area contributed by atoms with E-state index in [4.69, 9.17) is 24.0 Å². The lowest BCUT2D eigenvalue weighted by molar-refractivity contribution is -0.147. The van der Waals surface area contributed by atoms with Gasteiger partial charge in [-0.3, -0.25) is 33.1 Å². The number of amides is 3. The molecule has 0 bridgehead atoms. The first kappa shape index (κ1) is 46.9. The van der Waals surface area contributed by atoms with Crippen molar-refractivity contribution in [1.82, 2.24) is 5.32 Å². The van der Waals surface area contributed by atoms with Gasteiger partial charge >= 0.3 is 20.0 Å². The van der Waals surface area contributed by atoms with Crippen LogP contribution in [-0.4, -0.2) is 59.7 Å². The van der Waals surface area contributed by atoms with Gasteiger partial charge in [-0.15, -0.1) is 0 Å². The third-order valence-corrected chi connectivity index (χ3v) is 11.4. The molecule has 2 aliphatic rings. The van der Waals surface area contributed by atoms with Crippen LogP contribution in [0.2, 0.25) is 0 Å². The highest BCUT2D eigenvalue weighted by Crippen LogP contribution is 2.55. The van der Waals surface area contributed by atoms with Crippen LogP contribution in [0.1, 0.15) is 90.3 Å². The molecule has 1 aliphatic carbocycles. The molecule has 1 heterocycles. The molecular formula is C43H51F4N4O9P. The van der Waals surface area contributed by atoms with Crippen molar-refractivity contribution in [1.29, 1.82) is 0 Å². The first-order chi connectivity index (χ1) is 28.4. The number of para-hydroxylation sites is 1. The number of nitrogens with zero attached hydrogens (tertiary/aromatic N) is 2. The Morgan fingerprint density at radius 3 is 2.11 bits per heavy atom. The van der Waals surface area contributed by atoms with Crippen molar-refractivity contribution >= 4 is 42.9 Å². The minimum atomic E-state index is -4.65. The fourth-order valence-electron chi connectivity index (χ4n) is 6.68. The van der Waals surface area contributed by atoms with Gasteiger partial charge in [-0.1, -0.05) is 67.4 Å². The molecule has 3 atom stereocenters. The topological polar surface area (TPSA) is 176 Å². The largest absolute Gasteiger partial charge is 0.531 e. The lowest BCUT2D eigenvalue weighted by Crippen LogP contribution is -2.51. The summed E-state index contributed by atoms with van der Waals surface area (Å²) in [6.45, 7) is 9.10. The summed E-state index contributed by atoms with van der Waals surface area (Å²) in [6.07, 6.45) is -7.57. The Balaban J connectivity index is 1.40. The number of carbonyl (C=O) groups is 4. The summed E-state index contributed by atoms with van der Waals surface area (Å²) in [4.78, 5) is 60.0. The van der Waals surface area contributed by atoms with Gasteiger partial charge in [-0.25, -0.2) is 13.9 Å². The molecule has 0 unspecified atom stereocenters. The van der Waals surface area contributed by atoms with E-state index in [2.05, 4.69) is 10.3 Å². The van der Waals surface area contributed by atoms with E-state index < -0.39 is 98.7 Å². The van der Waals surface area contributed by atoms with Gasteiger partial charge in [0.15, 0.2) is 6.73 Å². The van der Waals surface area contributed by atoms with E-state index in [1.165, 1.54) is 12.1 Å². The number of hydrogen-bond acceptors (Lipinski definition) is 10. The van der Waals surface area contributed by atoms with Crippen molar-refractivity contribution in [3.8, 4) is 5.75 Å². The summed E-state index contributed by atoms with van der Waals surface area (Å²) in [6, 6.07) is 18.5. The molecule has 0 aromatic heterocycles. The highest BCUT2D eigenvalue weighted by molar-refractivity contribution is 7.49. The Morgan fingerprint density at radius 2 is 1.54 bits per heavy atom. The number of phosphoric ester groups is 1. The van der Waals surface area contributed by atoms with E-state index in [0.717, 1.165) is 23.8 Å². The first-order valence-corrected chi connectivity index (χ1v) is 21.2. The number of carbonyl (C=O) groups excluding carboxylic acids is 4. The number of hydrogen-bond donors (Lipinski definition) is 2. The van der Waals surface area contributed by atoms with Gasteiger partial charge < -0.3 is 20.3 Å². The molecule has 1 aliphatic heterocycles. The number of anilines is 1. The van der Waals surface area contributed by atoms with Gasteiger partial charge in [0.25, 0.3) is 5.91 Å². The number of ether oxygens (including phenoxy) is 1. The fourth-order valence-corrected chi connectivity index (χ4v) is 8.50. The standard InChI is InChI=1S/C43H51F4N4O9P/c1-41(2,3)59-61(56,60-42(4,5)6)58-29-19-18-28(33(44)24-29)23-35(52)57-25-51-34-15-11-10-14-31(34)36(27-12-8-7-9-13-27)49-38(40(51)55)50-39(54)30(20-21-43(45,46)47)32(37(48)53)22-26-16-17-26/h7-15,18-19,24,26,30,32,38H,16-17,20-23,25H2,1-6H3,(H2,48,53)(H,50,54)/t30-,32+,38-/m1/s1. The number of aliphatic imine (C=N–C) groups is 1. The molecule has 3 amide bonds. The highest BCUT2D eigenvalue weighted by Gasteiger charge is 2.42. The Labute approximate surface area is 352 Å². The zero-order valence-corrected chi connectivity index (χ0v) is 35.7. The van der Waals surface area contributed by atoms with Crippen LogP contribution in [0.5, 0.6) is 5.75 Å². The van der Waals surface area contributed by atoms with E-state index in [1.807, 2.05) is 0 Å². The molecule has 0 saturated heterocycles. The Hall–Kier alpha value is -5.12. The number of esters is 1. The molecule has 0 spiro atoms. The maximum atomic E-state index is 15.4. The third kappa shape index (κ3) is 13.7. The van der Waals surface area contributed by atoms with Crippen molar-refractivity contribution in [2.24, 2.45) is 28.5 Å². The zero-order chi connectivity index (χ0) is 44.9. The molecule has 1 saturated carbocycles. The normalized spacial score (nSPS) is 17.1. The van der Waals surface area contributed by atoms with E-state index in [9.17, 15) is 36.9 Å². The van der Waals surface area contributed by atoms with Gasteiger partial charge in [-0.05, 0) is 78.0 Å². The zero-order valence-electron chi connectivity index (χ0n) is 34.8. The molecule has 13 nitrogen and oxygen atoms in total. The Morgan fingerprint density at radius 1 is 0.918 bits per heavy atom. The maximum absolute atomic E-state index is 15.4. The summed E-state index contributed by atoms with van der Waals surface area (Å²) in [5, 5.41) is 2.49. The Bertz CT molecular complexity index is 2150. The van der Waals surface area contributed by atoms with Crippen LogP contribution < -0.4 is 20.5 Å². The number of phosphoric acid groups is 1. The number of primary amides is 1. The van der Waals surface area contributed by atoms with Crippen molar-refractivity contribution in [2.75, 3.05) is 11.6 Å².